The van der Waals surface area contributed by atoms with E-state index in [2.05, 4.69) is 196 Å². The van der Waals surface area contributed by atoms with Gasteiger partial charge in [0.15, 0.2) is 6.29 Å². The largest absolute Gasteiger partial charge is 0.359 e. The van der Waals surface area contributed by atoms with Crippen LogP contribution in [0.1, 0.15) is 17.9 Å². The van der Waals surface area contributed by atoms with Gasteiger partial charge in [-0.1, -0.05) is 103 Å². The zero-order valence-corrected chi connectivity index (χ0v) is 29.4. The molecule has 0 spiro atoms. The van der Waals surface area contributed by atoms with Gasteiger partial charge in [-0.2, -0.15) is 0 Å². The van der Waals surface area contributed by atoms with Crippen molar-refractivity contribution in [2.75, 3.05) is 7.05 Å². The van der Waals surface area contributed by atoms with Gasteiger partial charge < -0.3 is 14.5 Å². The van der Waals surface area contributed by atoms with E-state index in [4.69, 9.17) is 0 Å². The second kappa shape index (κ2) is 11.4. The fourth-order valence-corrected chi connectivity index (χ4v) is 9.92. The Hall–Kier alpha value is -6.14. The average Bonchev–Trinajstić information content (AvgIpc) is 3.86. The van der Waals surface area contributed by atoms with Crippen LogP contribution in [0.15, 0.2) is 170 Å². The Morgan fingerprint density at radius 3 is 1.92 bits per heavy atom. The summed E-state index contributed by atoms with van der Waals surface area (Å²) in [4.78, 5) is 2.47. The Labute approximate surface area is 305 Å². The lowest BCUT2D eigenvalue weighted by atomic mass is 10.0. The highest BCUT2D eigenvalue weighted by Crippen LogP contribution is 2.43. The third-order valence-corrected chi connectivity index (χ3v) is 12.3. The fourth-order valence-electron chi connectivity index (χ4n) is 8.67. The Balaban J connectivity index is 1.04. The second-order valence-electron chi connectivity index (χ2n) is 13.9. The van der Waals surface area contributed by atoms with Gasteiger partial charge in [0, 0.05) is 47.4 Å². The zero-order valence-electron chi connectivity index (χ0n) is 28.6. The maximum Gasteiger partial charge on any atom is 0.162 e. The van der Waals surface area contributed by atoms with Crippen molar-refractivity contribution in [3.63, 3.8) is 0 Å². The number of hydrogen-bond donors (Lipinski definition) is 1. The highest BCUT2D eigenvalue weighted by atomic mass is 32.1. The fraction of sp³-hybridized carbons (Fsp3) is 0.0638. The Morgan fingerprint density at radius 2 is 1.12 bits per heavy atom. The third-order valence-electron chi connectivity index (χ3n) is 11.1. The Morgan fingerprint density at radius 1 is 0.519 bits per heavy atom. The first-order valence-electron chi connectivity index (χ1n) is 17.9. The summed E-state index contributed by atoms with van der Waals surface area (Å²) < 4.78 is 7.55. The van der Waals surface area contributed by atoms with Gasteiger partial charge in [0.1, 0.15) is 0 Å². The summed E-state index contributed by atoms with van der Waals surface area (Å²) in [5.41, 5.74) is 9.82. The molecule has 2 unspecified atom stereocenters. The van der Waals surface area contributed by atoms with Crippen LogP contribution < -0.4 is 5.32 Å². The van der Waals surface area contributed by atoms with Gasteiger partial charge in [0.25, 0.3) is 0 Å². The number of rotatable bonds is 4. The van der Waals surface area contributed by atoms with Crippen molar-refractivity contribution in [3.8, 4) is 16.8 Å². The van der Waals surface area contributed by atoms with Crippen LogP contribution in [0.4, 0.5) is 0 Å². The second-order valence-corrected chi connectivity index (χ2v) is 14.9. The summed E-state index contributed by atoms with van der Waals surface area (Å²) in [5.74, 6) is 0. The Kier molecular flexibility index (Phi) is 6.51. The molecule has 4 nitrogen and oxygen atoms in total. The van der Waals surface area contributed by atoms with Gasteiger partial charge in [-0.15, -0.1) is 11.3 Å². The standard InChI is InChI=1S/C47H34N4S/c1-49-40(37-18-11-17-36-35-16-7-10-21-45(35)52-46(36)37)26-27-48-47(49)51-42-20-9-6-15-34(42)39-29-31(23-25-44(39)51)30-22-24-43-38(28-30)33-14-5-8-19-41(33)50(43)32-12-3-2-4-13-32/h2-29,40,47-48H,1H3. The molecule has 1 N–H and O–H groups in total. The molecule has 0 radical (unpaired) electrons. The molecule has 4 heterocycles. The minimum Gasteiger partial charge on any atom is -0.359 e. The van der Waals surface area contributed by atoms with Gasteiger partial charge in [-0.3, -0.25) is 4.90 Å². The summed E-state index contributed by atoms with van der Waals surface area (Å²) in [6, 6.07) is 57.9. The third kappa shape index (κ3) is 4.30. The van der Waals surface area contributed by atoms with Crippen molar-refractivity contribution in [2.45, 2.75) is 12.3 Å². The predicted octanol–water partition coefficient (Wildman–Crippen LogP) is 12.2. The molecule has 52 heavy (non-hydrogen) atoms. The molecule has 0 amide bonds. The summed E-state index contributed by atoms with van der Waals surface area (Å²) >= 11 is 1.90. The first-order chi connectivity index (χ1) is 25.7. The normalized spacial score (nSPS) is 16.6. The summed E-state index contributed by atoms with van der Waals surface area (Å²) in [6.45, 7) is 0. The predicted molar refractivity (Wildman–Crippen MR) is 220 cm³/mol. The number of thiophene rings is 1. The number of fused-ring (bicyclic) bond motifs is 9. The quantitative estimate of drug-likeness (QED) is 0.199. The molecule has 1 aliphatic heterocycles. The average molecular weight is 687 g/mol. The molecule has 11 rings (SSSR count). The first-order valence-corrected chi connectivity index (χ1v) is 18.7. The van der Waals surface area contributed by atoms with Gasteiger partial charge in [0.05, 0.1) is 28.1 Å². The van der Waals surface area contributed by atoms with Gasteiger partial charge in [-0.25, -0.2) is 0 Å². The van der Waals surface area contributed by atoms with Crippen molar-refractivity contribution >= 4 is 75.1 Å². The Bertz CT molecular complexity index is 3040. The van der Waals surface area contributed by atoms with Gasteiger partial charge in [-0.05, 0) is 90.6 Å². The van der Waals surface area contributed by atoms with Crippen molar-refractivity contribution in [1.82, 2.24) is 19.4 Å². The molecule has 0 saturated heterocycles. The van der Waals surface area contributed by atoms with E-state index < -0.39 is 0 Å². The molecule has 2 atom stereocenters. The van der Waals surface area contributed by atoms with Crippen molar-refractivity contribution in [1.29, 1.82) is 0 Å². The molecular formula is C47H34N4S. The molecule has 0 aliphatic carbocycles. The molecule has 10 aromatic rings. The van der Waals surface area contributed by atoms with Gasteiger partial charge in [0.2, 0.25) is 0 Å². The van der Waals surface area contributed by atoms with E-state index in [0.717, 1.165) is 0 Å². The molecular weight excluding hydrogens is 653 g/mol. The van der Waals surface area contributed by atoms with Crippen LogP contribution in [0.25, 0.3) is 80.6 Å². The SMILES string of the molecule is CN1C(c2cccc3c2sc2ccccc23)C=CNC1n1c2ccccc2c2cc(-c3ccc4c(c3)c3ccccc3n4-c3ccccc3)ccc21. The molecule has 1 aliphatic rings. The van der Waals surface area contributed by atoms with Crippen molar-refractivity contribution in [3.05, 3.63) is 176 Å². The molecule has 7 aromatic carbocycles. The van der Waals surface area contributed by atoms with Crippen LogP contribution in [-0.4, -0.2) is 21.1 Å². The highest BCUT2D eigenvalue weighted by molar-refractivity contribution is 7.26. The molecule has 248 valence electrons. The van der Waals surface area contributed by atoms with Crippen molar-refractivity contribution in [2.24, 2.45) is 0 Å². The van der Waals surface area contributed by atoms with Crippen LogP contribution in [0.2, 0.25) is 0 Å². The van der Waals surface area contributed by atoms with E-state index in [1.165, 1.54) is 86.2 Å². The lowest BCUT2D eigenvalue weighted by Crippen LogP contribution is -2.42. The number of benzene rings is 7. The summed E-state index contributed by atoms with van der Waals surface area (Å²) in [5, 5.41) is 11.5. The number of aromatic nitrogens is 2. The van der Waals surface area contributed by atoms with E-state index in [9.17, 15) is 0 Å². The summed E-state index contributed by atoms with van der Waals surface area (Å²) in [7, 11) is 2.24. The highest BCUT2D eigenvalue weighted by Gasteiger charge is 2.30. The monoisotopic (exact) mass is 686 g/mol. The smallest absolute Gasteiger partial charge is 0.162 e. The van der Waals surface area contributed by atoms with E-state index in [1.807, 2.05) is 11.3 Å². The molecule has 5 heteroatoms. The summed E-state index contributed by atoms with van der Waals surface area (Å²) in [6.07, 6.45) is 4.37. The van der Waals surface area contributed by atoms with E-state index in [0.29, 0.717) is 0 Å². The number of nitrogens with one attached hydrogen (secondary N) is 1. The lowest BCUT2D eigenvalue weighted by Gasteiger charge is -2.39. The van der Waals surface area contributed by atoms with Crippen LogP contribution in [-0.2, 0) is 0 Å². The number of para-hydroxylation sites is 3. The lowest BCUT2D eigenvalue weighted by molar-refractivity contribution is 0.120. The number of likely N-dealkylation sites (N-methyl/N-ethyl adjacent to an activating group) is 1. The minimum absolute atomic E-state index is 0.0756. The molecule has 3 aromatic heterocycles. The number of nitrogens with zero attached hydrogens (tertiary/aromatic N) is 3. The first kappa shape index (κ1) is 29.6. The van der Waals surface area contributed by atoms with E-state index in [1.54, 1.807) is 0 Å². The molecule has 0 bridgehead atoms. The molecule has 0 fully saturated rings. The zero-order chi connectivity index (χ0) is 34.3. The van der Waals surface area contributed by atoms with E-state index in [-0.39, 0.29) is 12.3 Å². The van der Waals surface area contributed by atoms with Crippen LogP contribution in [0.3, 0.4) is 0 Å². The maximum atomic E-state index is 3.74. The van der Waals surface area contributed by atoms with Crippen LogP contribution in [0.5, 0.6) is 0 Å². The van der Waals surface area contributed by atoms with Crippen LogP contribution >= 0.6 is 11.3 Å². The van der Waals surface area contributed by atoms with Gasteiger partial charge >= 0.3 is 0 Å². The van der Waals surface area contributed by atoms with Crippen LogP contribution in [0, 0.1) is 0 Å². The maximum absolute atomic E-state index is 3.74. The van der Waals surface area contributed by atoms with E-state index >= 15 is 0 Å². The molecule has 0 saturated carbocycles. The number of hydrogen-bond acceptors (Lipinski definition) is 3. The van der Waals surface area contributed by atoms with Crippen molar-refractivity contribution < 1.29 is 0 Å². The topological polar surface area (TPSA) is 25.1 Å². The minimum atomic E-state index is -0.0756.